The van der Waals surface area contributed by atoms with Gasteiger partial charge in [-0.25, -0.2) is 4.98 Å². The highest BCUT2D eigenvalue weighted by Crippen LogP contribution is 2.16. The minimum absolute atomic E-state index is 0.745. The van der Waals surface area contributed by atoms with Crippen molar-refractivity contribution in [3.05, 3.63) is 35.5 Å². The molecule has 0 fully saturated rings. The Morgan fingerprint density at radius 3 is 2.58 bits per heavy atom. The van der Waals surface area contributed by atoms with Gasteiger partial charge in [0.2, 0.25) is 0 Å². The zero-order valence-corrected chi connectivity index (χ0v) is 7.75. The molecule has 60 valence electrons. The van der Waals surface area contributed by atoms with Gasteiger partial charge in [0.25, 0.3) is 0 Å². The van der Waals surface area contributed by atoms with Crippen LogP contribution in [0.1, 0.15) is 0 Å². The van der Waals surface area contributed by atoms with Crippen molar-refractivity contribution < 1.29 is 0 Å². The van der Waals surface area contributed by atoms with Crippen molar-refractivity contribution in [2.45, 2.75) is 0 Å². The van der Waals surface area contributed by atoms with Crippen molar-refractivity contribution in [2.75, 3.05) is 0 Å². The van der Waals surface area contributed by atoms with Gasteiger partial charge in [-0.1, -0.05) is 0 Å². The van der Waals surface area contributed by atoms with Crippen molar-refractivity contribution in [2.24, 2.45) is 0 Å². The van der Waals surface area contributed by atoms with E-state index in [0.29, 0.717) is 0 Å². The molecule has 0 saturated carbocycles. The summed E-state index contributed by atoms with van der Waals surface area (Å²) >= 11 is 3.25. The first-order chi connectivity index (χ1) is 5.86. The second-order valence-corrected chi connectivity index (χ2v) is 3.07. The molecule has 2 aromatic rings. The Morgan fingerprint density at radius 1 is 1.25 bits per heavy atom. The van der Waals surface area contributed by atoms with Gasteiger partial charge < -0.3 is 4.98 Å². The Kier molecular flexibility index (Phi) is 1.91. The number of aromatic nitrogens is 3. The summed E-state index contributed by atoms with van der Waals surface area (Å²) in [5, 5.41) is 0. The molecular weight excluding hydrogens is 218 g/mol. The van der Waals surface area contributed by atoms with Crippen LogP contribution in [0.5, 0.6) is 0 Å². The summed E-state index contributed by atoms with van der Waals surface area (Å²) in [5.74, 6) is 0. The largest absolute Gasteiger partial charge is 0.333 e. The highest BCUT2D eigenvalue weighted by atomic mass is 79.9. The standard InChI is InChI=1S/C8H6BrN3/c9-8-11-5-7(12-8)6-1-3-10-4-2-6/h1-5H,(H,11,12). The SMILES string of the molecule is Brc1ncc(-c2ccncc2)[nH]1. The molecule has 1 N–H and O–H groups in total. The third kappa shape index (κ3) is 1.38. The third-order valence-electron chi connectivity index (χ3n) is 1.54. The Balaban J connectivity index is 2.45. The van der Waals surface area contributed by atoms with Crippen molar-refractivity contribution in [3.8, 4) is 11.3 Å². The summed E-state index contributed by atoms with van der Waals surface area (Å²) in [6.45, 7) is 0. The molecule has 2 heterocycles. The van der Waals surface area contributed by atoms with E-state index in [0.717, 1.165) is 16.0 Å². The molecule has 0 aromatic carbocycles. The van der Waals surface area contributed by atoms with Crippen molar-refractivity contribution in [1.29, 1.82) is 0 Å². The lowest BCUT2D eigenvalue weighted by molar-refractivity contribution is 1.24. The molecule has 0 radical (unpaired) electrons. The normalized spacial score (nSPS) is 10.1. The molecule has 0 saturated heterocycles. The lowest BCUT2D eigenvalue weighted by atomic mass is 10.2. The molecule has 0 atom stereocenters. The molecule has 0 aliphatic rings. The topological polar surface area (TPSA) is 41.6 Å². The maximum atomic E-state index is 4.03. The van der Waals surface area contributed by atoms with Crippen LogP contribution in [0.25, 0.3) is 11.3 Å². The first-order valence-electron chi connectivity index (χ1n) is 3.47. The molecule has 2 rings (SSSR count). The van der Waals surface area contributed by atoms with Gasteiger partial charge in [0.1, 0.15) is 0 Å². The molecule has 2 aromatic heterocycles. The van der Waals surface area contributed by atoms with Gasteiger partial charge in [-0.05, 0) is 28.1 Å². The summed E-state index contributed by atoms with van der Waals surface area (Å²) in [5.41, 5.74) is 2.08. The van der Waals surface area contributed by atoms with Gasteiger partial charge in [-0.3, -0.25) is 4.98 Å². The van der Waals surface area contributed by atoms with E-state index in [-0.39, 0.29) is 0 Å². The van der Waals surface area contributed by atoms with Crippen LogP contribution in [0.3, 0.4) is 0 Å². The minimum Gasteiger partial charge on any atom is -0.333 e. The number of imidazole rings is 1. The molecule has 3 nitrogen and oxygen atoms in total. The fraction of sp³-hybridized carbons (Fsp3) is 0. The second kappa shape index (κ2) is 3.06. The number of aromatic amines is 1. The zero-order valence-electron chi connectivity index (χ0n) is 6.16. The van der Waals surface area contributed by atoms with Crippen LogP contribution < -0.4 is 0 Å². The van der Waals surface area contributed by atoms with Gasteiger partial charge in [0.15, 0.2) is 4.73 Å². The number of rotatable bonds is 1. The molecule has 0 amide bonds. The van der Waals surface area contributed by atoms with E-state index in [1.807, 2.05) is 12.1 Å². The molecule has 0 bridgehead atoms. The molecule has 4 heteroatoms. The van der Waals surface area contributed by atoms with Crippen molar-refractivity contribution in [1.82, 2.24) is 15.0 Å². The number of hydrogen-bond donors (Lipinski definition) is 1. The summed E-state index contributed by atoms with van der Waals surface area (Å²) in [4.78, 5) is 11.0. The number of nitrogens with zero attached hydrogens (tertiary/aromatic N) is 2. The van der Waals surface area contributed by atoms with Crippen LogP contribution in [0, 0.1) is 0 Å². The molecular formula is C8H6BrN3. The highest BCUT2D eigenvalue weighted by Gasteiger charge is 1.98. The van der Waals surface area contributed by atoms with Crippen LogP contribution in [-0.2, 0) is 0 Å². The second-order valence-electron chi connectivity index (χ2n) is 2.32. The summed E-state index contributed by atoms with van der Waals surface area (Å²) in [6, 6.07) is 3.86. The molecule has 0 unspecified atom stereocenters. The van der Waals surface area contributed by atoms with Crippen LogP contribution in [0.15, 0.2) is 35.5 Å². The zero-order chi connectivity index (χ0) is 8.39. The average Bonchev–Trinajstić information content (AvgIpc) is 2.54. The van der Waals surface area contributed by atoms with Crippen LogP contribution >= 0.6 is 15.9 Å². The lowest BCUT2D eigenvalue weighted by Gasteiger charge is -1.93. The van der Waals surface area contributed by atoms with Crippen LogP contribution in [0.4, 0.5) is 0 Å². The molecule has 0 spiro atoms. The lowest BCUT2D eigenvalue weighted by Crippen LogP contribution is -1.76. The van der Waals surface area contributed by atoms with E-state index < -0.39 is 0 Å². The van der Waals surface area contributed by atoms with E-state index in [1.165, 1.54) is 0 Å². The summed E-state index contributed by atoms with van der Waals surface area (Å²) in [6.07, 6.45) is 5.29. The number of hydrogen-bond acceptors (Lipinski definition) is 2. The average molecular weight is 224 g/mol. The first kappa shape index (κ1) is 7.49. The Labute approximate surface area is 78.0 Å². The fourth-order valence-electron chi connectivity index (χ4n) is 0.975. The maximum Gasteiger partial charge on any atom is 0.174 e. The van der Waals surface area contributed by atoms with Gasteiger partial charge >= 0.3 is 0 Å². The van der Waals surface area contributed by atoms with E-state index in [4.69, 9.17) is 0 Å². The summed E-state index contributed by atoms with van der Waals surface area (Å²) < 4.78 is 0.745. The van der Waals surface area contributed by atoms with E-state index in [1.54, 1.807) is 18.6 Å². The van der Waals surface area contributed by atoms with Crippen molar-refractivity contribution >= 4 is 15.9 Å². The third-order valence-corrected chi connectivity index (χ3v) is 1.94. The monoisotopic (exact) mass is 223 g/mol. The predicted octanol–water partition coefficient (Wildman–Crippen LogP) is 2.23. The number of H-pyrrole nitrogens is 1. The molecule has 0 aliphatic carbocycles. The number of halogens is 1. The highest BCUT2D eigenvalue weighted by molar-refractivity contribution is 9.10. The van der Waals surface area contributed by atoms with E-state index in [2.05, 4.69) is 30.9 Å². The van der Waals surface area contributed by atoms with Gasteiger partial charge in [-0.2, -0.15) is 0 Å². The first-order valence-corrected chi connectivity index (χ1v) is 4.26. The number of nitrogens with one attached hydrogen (secondary N) is 1. The fourth-order valence-corrected chi connectivity index (χ4v) is 1.29. The Morgan fingerprint density at radius 2 is 2.00 bits per heavy atom. The van der Waals surface area contributed by atoms with Gasteiger partial charge in [-0.15, -0.1) is 0 Å². The Hall–Kier alpha value is -1.16. The van der Waals surface area contributed by atoms with Crippen LogP contribution in [-0.4, -0.2) is 15.0 Å². The van der Waals surface area contributed by atoms with E-state index >= 15 is 0 Å². The molecule has 0 aliphatic heterocycles. The smallest absolute Gasteiger partial charge is 0.174 e. The number of pyridine rings is 1. The maximum absolute atomic E-state index is 4.03. The molecule has 12 heavy (non-hydrogen) atoms. The van der Waals surface area contributed by atoms with Gasteiger partial charge in [0, 0.05) is 18.0 Å². The van der Waals surface area contributed by atoms with Crippen LogP contribution in [0.2, 0.25) is 0 Å². The van der Waals surface area contributed by atoms with Crippen molar-refractivity contribution in [3.63, 3.8) is 0 Å². The quantitative estimate of drug-likeness (QED) is 0.806. The van der Waals surface area contributed by atoms with Gasteiger partial charge in [0.05, 0.1) is 11.9 Å². The van der Waals surface area contributed by atoms with E-state index in [9.17, 15) is 0 Å². The predicted molar refractivity (Wildman–Crippen MR) is 49.5 cm³/mol. The summed E-state index contributed by atoms with van der Waals surface area (Å²) in [7, 11) is 0. The minimum atomic E-state index is 0.745. The Bertz CT molecular complexity index is 369.